The quantitative estimate of drug-likeness (QED) is 0.900. The molecule has 1 aliphatic rings. The molecule has 2 nitrogen and oxygen atoms in total. The average molecular weight is 289 g/mol. The Morgan fingerprint density at radius 1 is 1.10 bits per heavy atom. The minimum atomic E-state index is -0.576. The molecule has 0 amide bonds. The molecular formula is C17H17F2NO. The summed E-state index contributed by atoms with van der Waals surface area (Å²) in [6.45, 7) is 2.03. The van der Waals surface area contributed by atoms with Crippen LogP contribution in [-0.2, 0) is 0 Å². The maximum absolute atomic E-state index is 14.0. The average Bonchev–Trinajstić information content (AvgIpc) is 2.46. The summed E-state index contributed by atoms with van der Waals surface area (Å²) in [4.78, 5) is 0. The lowest BCUT2D eigenvalue weighted by molar-refractivity contribution is 0.150. The third-order valence-corrected chi connectivity index (χ3v) is 3.92. The summed E-state index contributed by atoms with van der Waals surface area (Å²) in [6, 6.07) is 9.66. The van der Waals surface area contributed by atoms with Crippen molar-refractivity contribution in [3.05, 3.63) is 64.7 Å². The van der Waals surface area contributed by atoms with E-state index in [1.54, 1.807) is 0 Å². The van der Waals surface area contributed by atoms with Gasteiger partial charge in [-0.3, -0.25) is 0 Å². The fourth-order valence-corrected chi connectivity index (χ4v) is 2.82. The van der Waals surface area contributed by atoms with E-state index in [0.717, 1.165) is 22.9 Å². The zero-order chi connectivity index (χ0) is 15.0. The van der Waals surface area contributed by atoms with Crippen LogP contribution in [0.3, 0.4) is 0 Å². The second-order valence-electron chi connectivity index (χ2n) is 5.39. The first-order valence-electron chi connectivity index (χ1n) is 6.98. The molecule has 2 aromatic carbocycles. The van der Waals surface area contributed by atoms with Crippen LogP contribution < -0.4 is 10.1 Å². The van der Waals surface area contributed by atoms with Crippen LogP contribution in [-0.4, -0.2) is 7.05 Å². The van der Waals surface area contributed by atoms with Gasteiger partial charge in [0.15, 0.2) is 0 Å². The molecule has 2 atom stereocenters. The normalized spacial score (nSPS) is 20.8. The number of hydrogen-bond donors (Lipinski definition) is 1. The standard InChI is InChI=1S/C17H17F2NO/c1-10-3-6-16-13(7-10)15(20-2)9-17(21-16)12-5-4-11(18)8-14(12)19/h3-8,15,17,20H,9H2,1-2H3. The van der Waals surface area contributed by atoms with Gasteiger partial charge < -0.3 is 10.1 Å². The third kappa shape index (κ3) is 2.63. The molecule has 4 heteroatoms. The molecule has 1 heterocycles. The topological polar surface area (TPSA) is 21.3 Å². The maximum Gasteiger partial charge on any atom is 0.133 e. The van der Waals surface area contributed by atoms with Crippen molar-refractivity contribution in [1.29, 1.82) is 0 Å². The Labute approximate surface area is 122 Å². The molecule has 0 aromatic heterocycles. The summed E-state index contributed by atoms with van der Waals surface area (Å²) in [6.07, 6.45) is 0.188. The number of aryl methyl sites for hydroxylation is 1. The number of nitrogens with one attached hydrogen (secondary N) is 1. The molecule has 1 N–H and O–H groups in total. The third-order valence-electron chi connectivity index (χ3n) is 3.92. The van der Waals surface area contributed by atoms with E-state index < -0.39 is 17.7 Å². The van der Waals surface area contributed by atoms with Gasteiger partial charge in [0.25, 0.3) is 0 Å². The molecule has 0 bridgehead atoms. The zero-order valence-corrected chi connectivity index (χ0v) is 12.0. The lowest BCUT2D eigenvalue weighted by atomic mass is 9.92. The largest absolute Gasteiger partial charge is 0.485 e. The van der Waals surface area contributed by atoms with Crippen molar-refractivity contribution in [2.45, 2.75) is 25.5 Å². The number of ether oxygens (including phenoxy) is 1. The highest BCUT2D eigenvalue weighted by Gasteiger charge is 2.30. The van der Waals surface area contributed by atoms with Gasteiger partial charge in [0.2, 0.25) is 0 Å². The number of benzene rings is 2. The SMILES string of the molecule is CNC1CC(c2ccc(F)cc2F)Oc2ccc(C)cc21. The second kappa shape index (κ2) is 5.45. The van der Waals surface area contributed by atoms with Gasteiger partial charge in [-0.15, -0.1) is 0 Å². The Morgan fingerprint density at radius 3 is 2.62 bits per heavy atom. The smallest absolute Gasteiger partial charge is 0.133 e. The van der Waals surface area contributed by atoms with Gasteiger partial charge >= 0.3 is 0 Å². The summed E-state index contributed by atoms with van der Waals surface area (Å²) < 4.78 is 32.9. The first kappa shape index (κ1) is 14.0. The molecule has 0 saturated heterocycles. The van der Waals surface area contributed by atoms with Crippen molar-refractivity contribution in [2.24, 2.45) is 0 Å². The number of fused-ring (bicyclic) bond motifs is 1. The first-order chi connectivity index (χ1) is 10.1. The highest BCUT2D eigenvalue weighted by atomic mass is 19.1. The predicted octanol–water partition coefficient (Wildman–Crippen LogP) is 4.06. The van der Waals surface area contributed by atoms with Crippen LogP contribution in [0.25, 0.3) is 0 Å². The molecule has 21 heavy (non-hydrogen) atoms. The molecule has 110 valence electrons. The summed E-state index contributed by atoms with van der Waals surface area (Å²) >= 11 is 0. The van der Waals surface area contributed by atoms with Crippen LogP contribution in [0.5, 0.6) is 5.75 Å². The highest BCUT2D eigenvalue weighted by molar-refractivity contribution is 5.42. The van der Waals surface area contributed by atoms with E-state index in [2.05, 4.69) is 11.4 Å². The predicted molar refractivity (Wildman–Crippen MR) is 77.3 cm³/mol. The van der Waals surface area contributed by atoms with E-state index in [9.17, 15) is 8.78 Å². The Morgan fingerprint density at radius 2 is 1.90 bits per heavy atom. The minimum Gasteiger partial charge on any atom is -0.485 e. The molecule has 2 unspecified atom stereocenters. The molecule has 0 spiro atoms. The van der Waals surface area contributed by atoms with Crippen molar-refractivity contribution >= 4 is 0 Å². The van der Waals surface area contributed by atoms with E-state index in [1.165, 1.54) is 12.1 Å². The van der Waals surface area contributed by atoms with Gasteiger partial charge in [0.05, 0.1) is 0 Å². The molecule has 0 saturated carbocycles. The molecule has 0 fully saturated rings. The Kier molecular flexibility index (Phi) is 3.64. The van der Waals surface area contributed by atoms with Crippen LogP contribution in [0.4, 0.5) is 8.78 Å². The van der Waals surface area contributed by atoms with Gasteiger partial charge in [-0.05, 0) is 32.2 Å². The van der Waals surface area contributed by atoms with E-state index in [0.29, 0.717) is 12.0 Å². The summed E-state index contributed by atoms with van der Waals surface area (Å²) in [7, 11) is 1.88. The van der Waals surface area contributed by atoms with Gasteiger partial charge in [0.1, 0.15) is 23.5 Å². The summed E-state index contributed by atoms with van der Waals surface area (Å²) in [5, 5.41) is 3.24. The first-order valence-corrected chi connectivity index (χ1v) is 6.98. The molecule has 1 aliphatic heterocycles. The number of hydrogen-bond acceptors (Lipinski definition) is 2. The van der Waals surface area contributed by atoms with Crippen molar-refractivity contribution < 1.29 is 13.5 Å². The maximum atomic E-state index is 14.0. The Hall–Kier alpha value is -1.94. The van der Waals surface area contributed by atoms with Gasteiger partial charge in [0, 0.05) is 29.7 Å². The second-order valence-corrected chi connectivity index (χ2v) is 5.39. The van der Waals surface area contributed by atoms with Crippen LogP contribution >= 0.6 is 0 Å². The Bertz CT molecular complexity index is 672. The molecule has 0 radical (unpaired) electrons. The van der Waals surface area contributed by atoms with Crippen molar-refractivity contribution in [1.82, 2.24) is 5.32 Å². The summed E-state index contributed by atoms with van der Waals surface area (Å²) in [5.74, 6) is -0.390. The monoisotopic (exact) mass is 289 g/mol. The van der Waals surface area contributed by atoms with Crippen LogP contribution in [0, 0.1) is 18.6 Å². The van der Waals surface area contributed by atoms with E-state index >= 15 is 0 Å². The van der Waals surface area contributed by atoms with Crippen LogP contribution in [0.15, 0.2) is 36.4 Å². The molecular weight excluding hydrogens is 272 g/mol. The molecule has 0 aliphatic carbocycles. The zero-order valence-electron chi connectivity index (χ0n) is 12.0. The number of halogens is 2. The lowest BCUT2D eigenvalue weighted by Crippen LogP contribution is -2.27. The van der Waals surface area contributed by atoms with Gasteiger partial charge in [-0.25, -0.2) is 8.78 Å². The van der Waals surface area contributed by atoms with Crippen LogP contribution in [0.1, 0.15) is 35.3 Å². The summed E-state index contributed by atoms with van der Waals surface area (Å²) in [5.41, 5.74) is 2.63. The van der Waals surface area contributed by atoms with Crippen molar-refractivity contribution in [2.75, 3.05) is 7.05 Å². The lowest BCUT2D eigenvalue weighted by Gasteiger charge is -2.32. The van der Waals surface area contributed by atoms with Gasteiger partial charge in [-0.1, -0.05) is 17.7 Å². The van der Waals surface area contributed by atoms with Crippen molar-refractivity contribution in [3.8, 4) is 5.75 Å². The van der Waals surface area contributed by atoms with Crippen LogP contribution in [0.2, 0.25) is 0 Å². The fraction of sp³-hybridized carbons (Fsp3) is 0.294. The van der Waals surface area contributed by atoms with E-state index in [1.807, 2.05) is 26.1 Å². The molecule has 3 rings (SSSR count). The van der Waals surface area contributed by atoms with E-state index in [4.69, 9.17) is 4.74 Å². The minimum absolute atomic E-state index is 0.0862. The molecule has 2 aromatic rings. The van der Waals surface area contributed by atoms with Gasteiger partial charge in [-0.2, -0.15) is 0 Å². The Balaban J connectivity index is 1.98. The number of rotatable bonds is 2. The van der Waals surface area contributed by atoms with Crippen molar-refractivity contribution in [3.63, 3.8) is 0 Å². The fourth-order valence-electron chi connectivity index (χ4n) is 2.82. The highest BCUT2D eigenvalue weighted by Crippen LogP contribution is 2.41. The van der Waals surface area contributed by atoms with E-state index in [-0.39, 0.29) is 6.04 Å².